The predicted octanol–water partition coefficient (Wildman–Crippen LogP) is 4.16. The number of benzene rings is 1. The van der Waals surface area contributed by atoms with Crippen LogP contribution in [0.1, 0.15) is 36.0 Å². The van der Waals surface area contributed by atoms with E-state index in [0.717, 1.165) is 36.4 Å². The first-order chi connectivity index (χ1) is 18.3. The quantitative estimate of drug-likeness (QED) is 0.329. The molecular weight excluding hydrogens is 492 g/mol. The first-order valence-electron chi connectivity index (χ1n) is 12.2. The Morgan fingerprint density at radius 2 is 2.08 bits per heavy atom. The number of aliphatic imine (C=N–C) groups is 1. The number of carbonyl (C=O) groups excluding carboxylic acids is 1. The summed E-state index contributed by atoms with van der Waals surface area (Å²) < 4.78 is 31.6. The van der Waals surface area contributed by atoms with E-state index in [-0.39, 0.29) is 17.5 Å². The maximum atomic E-state index is 14.3. The van der Waals surface area contributed by atoms with Gasteiger partial charge in [-0.2, -0.15) is 5.10 Å². The van der Waals surface area contributed by atoms with Gasteiger partial charge in [0.1, 0.15) is 28.7 Å². The number of H-pyrrole nitrogens is 1. The summed E-state index contributed by atoms with van der Waals surface area (Å²) in [4.78, 5) is 29.9. The van der Waals surface area contributed by atoms with Crippen molar-refractivity contribution in [2.45, 2.75) is 31.7 Å². The molecule has 10 nitrogen and oxygen atoms in total. The van der Waals surface area contributed by atoms with E-state index in [2.05, 4.69) is 20.4 Å². The second kappa shape index (κ2) is 9.05. The number of aryl methyl sites for hydroxylation is 2. The molecule has 0 bridgehead atoms. The Morgan fingerprint density at radius 1 is 1.24 bits per heavy atom. The molecule has 0 radical (unpaired) electrons. The fourth-order valence-electron chi connectivity index (χ4n) is 4.97. The van der Waals surface area contributed by atoms with Gasteiger partial charge in [0, 0.05) is 61.7 Å². The highest BCUT2D eigenvalue weighted by Crippen LogP contribution is 2.33. The van der Waals surface area contributed by atoms with Gasteiger partial charge in [0.25, 0.3) is 5.91 Å². The van der Waals surface area contributed by atoms with Gasteiger partial charge in [0.15, 0.2) is 11.6 Å². The van der Waals surface area contributed by atoms with Gasteiger partial charge < -0.3 is 20.6 Å². The van der Waals surface area contributed by atoms with E-state index in [1.807, 2.05) is 23.9 Å². The van der Waals surface area contributed by atoms with Crippen LogP contribution in [0.3, 0.4) is 0 Å². The molecule has 4 N–H and O–H groups in total. The van der Waals surface area contributed by atoms with Crippen molar-refractivity contribution in [1.29, 1.82) is 0 Å². The number of nitrogens with two attached hydrogens (primary N) is 1. The third-order valence-electron chi connectivity index (χ3n) is 6.98. The van der Waals surface area contributed by atoms with Crippen LogP contribution in [0.5, 0.6) is 0 Å². The fourth-order valence-corrected chi connectivity index (χ4v) is 4.97. The predicted molar refractivity (Wildman–Crippen MR) is 140 cm³/mol. The van der Waals surface area contributed by atoms with Crippen molar-refractivity contribution in [1.82, 2.24) is 34.6 Å². The zero-order valence-corrected chi connectivity index (χ0v) is 20.8. The molecule has 1 saturated carbocycles. The second-order valence-electron chi connectivity index (χ2n) is 9.56. The zero-order chi connectivity index (χ0) is 26.6. The van der Waals surface area contributed by atoms with Gasteiger partial charge >= 0.3 is 0 Å². The van der Waals surface area contributed by atoms with Crippen molar-refractivity contribution in [3.63, 3.8) is 0 Å². The number of amides is 1. The topological polar surface area (TPSA) is 132 Å². The van der Waals surface area contributed by atoms with Crippen molar-refractivity contribution in [2.24, 2.45) is 19.1 Å². The minimum absolute atomic E-state index is 0.109. The highest BCUT2D eigenvalue weighted by atomic mass is 19.1. The fraction of sp³-hybridized carbons (Fsp3) is 0.269. The number of aromatic nitrogens is 6. The average Bonchev–Trinajstić information content (AvgIpc) is 3.57. The number of nitrogen functional groups attached to an aromatic ring is 1. The Bertz CT molecular complexity index is 1750. The molecule has 0 saturated heterocycles. The van der Waals surface area contributed by atoms with Gasteiger partial charge in [-0.15, -0.1) is 0 Å². The summed E-state index contributed by atoms with van der Waals surface area (Å²) in [6, 6.07) is 3.88. The maximum Gasteiger partial charge on any atom is 0.256 e. The largest absolute Gasteiger partial charge is 0.383 e. The smallest absolute Gasteiger partial charge is 0.256 e. The lowest BCUT2D eigenvalue weighted by molar-refractivity contribution is 0.0935. The Hall–Kier alpha value is -4.61. The first kappa shape index (κ1) is 23.8. The van der Waals surface area contributed by atoms with Gasteiger partial charge in [-0.3, -0.25) is 9.48 Å². The molecular formula is C26H25F2N9O. The van der Waals surface area contributed by atoms with Gasteiger partial charge in [0.2, 0.25) is 0 Å². The third kappa shape index (κ3) is 4.07. The van der Waals surface area contributed by atoms with E-state index in [4.69, 9.17) is 15.7 Å². The third-order valence-corrected chi connectivity index (χ3v) is 6.98. The monoisotopic (exact) mass is 517 g/mol. The summed E-state index contributed by atoms with van der Waals surface area (Å²) in [6.45, 7) is 0. The molecule has 1 amide bonds. The van der Waals surface area contributed by atoms with Gasteiger partial charge in [-0.25, -0.2) is 23.7 Å². The van der Waals surface area contributed by atoms with Crippen LogP contribution in [-0.4, -0.2) is 47.0 Å². The number of carbonyl (C=O) groups is 1. The molecule has 1 atom stereocenters. The number of halogens is 2. The molecule has 4 heterocycles. The number of aromatic amines is 1. The molecule has 0 spiro atoms. The molecule has 1 fully saturated rings. The van der Waals surface area contributed by atoms with E-state index in [0.29, 0.717) is 46.0 Å². The van der Waals surface area contributed by atoms with Gasteiger partial charge in [0.05, 0.1) is 17.1 Å². The van der Waals surface area contributed by atoms with Crippen molar-refractivity contribution in [3.8, 4) is 11.4 Å². The molecule has 1 aromatic carbocycles. The molecule has 1 aliphatic carbocycles. The summed E-state index contributed by atoms with van der Waals surface area (Å²) in [5.41, 5.74) is 8.50. The minimum Gasteiger partial charge on any atom is -0.383 e. The van der Waals surface area contributed by atoms with E-state index in [9.17, 15) is 13.6 Å². The lowest BCUT2D eigenvalue weighted by Crippen LogP contribution is -2.38. The van der Waals surface area contributed by atoms with Crippen molar-refractivity contribution < 1.29 is 13.6 Å². The van der Waals surface area contributed by atoms with Crippen LogP contribution < -0.4 is 11.1 Å². The zero-order valence-electron chi connectivity index (χ0n) is 20.8. The lowest BCUT2D eigenvalue weighted by Gasteiger charge is -2.24. The van der Waals surface area contributed by atoms with E-state index in [1.54, 1.807) is 13.2 Å². The average molecular weight is 518 g/mol. The van der Waals surface area contributed by atoms with Crippen molar-refractivity contribution in [3.05, 3.63) is 54.0 Å². The molecule has 0 unspecified atom stereocenters. The first-order valence-corrected chi connectivity index (χ1v) is 12.2. The van der Waals surface area contributed by atoms with Crippen molar-refractivity contribution >= 4 is 45.2 Å². The standard InChI is InChI=1S/C26H25F2N9O/c1-36-7-6-16-23(32-14-4-3-5-15(10-14)33-26(38)19-12-31-37(2)22(19)29)34-24(35-25(16)36)18-11-30-21-17(18)8-13(27)9-20(21)28/h6-9,11-12,15,30H,3-5,10,29H2,1-2H3,(H,33,38)/b32-14+/t15-/m0/s1. The molecule has 5 aromatic rings. The highest BCUT2D eigenvalue weighted by Gasteiger charge is 2.24. The number of fused-ring (bicyclic) bond motifs is 2. The number of hydrogen-bond acceptors (Lipinski definition) is 6. The number of nitrogens with zero attached hydrogens (tertiary/aromatic N) is 6. The minimum atomic E-state index is -0.685. The summed E-state index contributed by atoms with van der Waals surface area (Å²) in [6.07, 6.45) is 7.88. The molecule has 12 heteroatoms. The molecule has 1 aliphatic rings. The summed E-state index contributed by atoms with van der Waals surface area (Å²) in [5, 5.41) is 8.19. The van der Waals surface area contributed by atoms with E-state index >= 15 is 0 Å². The Balaban J connectivity index is 1.35. The molecule has 4 aromatic heterocycles. The lowest BCUT2D eigenvalue weighted by atomic mass is 9.93. The van der Waals surface area contributed by atoms with Crippen LogP contribution >= 0.6 is 0 Å². The van der Waals surface area contributed by atoms with Crippen LogP contribution in [0.25, 0.3) is 33.3 Å². The van der Waals surface area contributed by atoms with E-state index < -0.39 is 11.6 Å². The Kier molecular flexibility index (Phi) is 5.66. The molecule has 0 aliphatic heterocycles. The number of rotatable bonds is 4. The molecule has 6 rings (SSSR count). The summed E-state index contributed by atoms with van der Waals surface area (Å²) in [5.74, 6) is -0.549. The van der Waals surface area contributed by atoms with Crippen LogP contribution in [0, 0.1) is 11.6 Å². The van der Waals surface area contributed by atoms with E-state index in [1.165, 1.54) is 16.9 Å². The van der Waals surface area contributed by atoms with Gasteiger partial charge in [-0.1, -0.05) is 0 Å². The van der Waals surface area contributed by atoms with Gasteiger partial charge in [-0.05, 0) is 31.4 Å². The second-order valence-corrected chi connectivity index (χ2v) is 9.56. The van der Waals surface area contributed by atoms with Crippen LogP contribution in [0.2, 0.25) is 0 Å². The molecule has 38 heavy (non-hydrogen) atoms. The number of hydrogen-bond donors (Lipinski definition) is 3. The Morgan fingerprint density at radius 3 is 2.87 bits per heavy atom. The summed E-state index contributed by atoms with van der Waals surface area (Å²) >= 11 is 0. The number of anilines is 1. The maximum absolute atomic E-state index is 14.3. The van der Waals surface area contributed by atoms with Crippen LogP contribution in [0.4, 0.5) is 20.4 Å². The normalized spacial score (nSPS) is 17.1. The highest BCUT2D eigenvalue weighted by molar-refractivity contribution is 6.00. The van der Waals surface area contributed by atoms with Crippen LogP contribution in [0.15, 0.2) is 41.8 Å². The Labute approximate surface area is 215 Å². The summed E-state index contributed by atoms with van der Waals surface area (Å²) in [7, 11) is 3.54. The van der Waals surface area contributed by atoms with Crippen molar-refractivity contribution in [2.75, 3.05) is 5.73 Å². The molecule has 194 valence electrons. The number of nitrogens with one attached hydrogen (secondary N) is 2. The van der Waals surface area contributed by atoms with Crippen LogP contribution in [-0.2, 0) is 14.1 Å². The SMILES string of the molecule is Cn1ncc(C(=O)N[C@H]2CCC/C(=N\c3nc(-c4c[nH]c5c(F)cc(F)cc45)nc4c3ccn4C)C2)c1N.